The smallest absolute Gasteiger partial charge is 0.238 e. The van der Waals surface area contributed by atoms with Gasteiger partial charge in [-0.25, -0.2) is 0 Å². The molecule has 0 aliphatic carbocycles. The maximum Gasteiger partial charge on any atom is 0.238 e. The number of nitrogens with one attached hydrogen (secondary N) is 1. The summed E-state index contributed by atoms with van der Waals surface area (Å²) in [7, 11) is 0. The van der Waals surface area contributed by atoms with E-state index in [9.17, 15) is 4.79 Å². The number of carbonyl (C=O) groups is 1. The number of benzene rings is 2. The van der Waals surface area contributed by atoms with Crippen LogP contribution in [0.25, 0.3) is 10.9 Å². The van der Waals surface area contributed by atoms with Crippen LogP contribution in [0, 0.1) is 0 Å². The first-order valence-electron chi connectivity index (χ1n) is 8.91. The number of aromatic nitrogens is 1. The van der Waals surface area contributed by atoms with Crippen LogP contribution in [-0.4, -0.2) is 42.0 Å². The molecule has 1 aliphatic heterocycles. The summed E-state index contributed by atoms with van der Waals surface area (Å²) in [5, 5.41) is 3.96. The highest BCUT2D eigenvalue weighted by atomic mass is 79.9. The summed E-state index contributed by atoms with van der Waals surface area (Å²) in [5.74, 6) is -0.0398. The maximum absolute atomic E-state index is 12.5. The molecule has 3 aromatic rings. The van der Waals surface area contributed by atoms with Crippen molar-refractivity contribution in [3.8, 4) is 0 Å². The molecule has 1 aromatic heterocycles. The van der Waals surface area contributed by atoms with Crippen LogP contribution in [-0.2, 0) is 9.53 Å². The van der Waals surface area contributed by atoms with Gasteiger partial charge in [0, 0.05) is 22.9 Å². The second-order valence-corrected chi connectivity index (χ2v) is 7.53. The molecule has 27 heavy (non-hydrogen) atoms. The van der Waals surface area contributed by atoms with E-state index in [1.165, 1.54) is 0 Å². The van der Waals surface area contributed by atoms with Crippen LogP contribution in [0.1, 0.15) is 11.7 Å². The Balaban J connectivity index is 1.38. The number of nitrogens with zero attached hydrogens (tertiary/aromatic N) is 2. The zero-order valence-corrected chi connectivity index (χ0v) is 16.4. The summed E-state index contributed by atoms with van der Waals surface area (Å²) in [6, 6.07) is 17.9. The van der Waals surface area contributed by atoms with Crippen molar-refractivity contribution in [2.75, 3.05) is 31.6 Å². The molecule has 1 atom stereocenters. The molecule has 4 rings (SSSR count). The van der Waals surface area contributed by atoms with E-state index in [0.717, 1.165) is 33.2 Å². The quantitative estimate of drug-likeness (QED) is 0.685. The van der Waals surface area contributed by atoms with Crippen molar-refractivity contribution in [2.45, 2.75) is 6.10 Å². The molecular weight excluding hydrogens is 406 g/mol. The van der Waals surface area contributed by atoms with Crippen molar-refractivity contribution >= 4 is 38.4 Å². The second-order valence-electron chi connectivity index (χ2n) is 6.61. The Hall–Kier alpha value is -2.28. The number of pyridine rings is 1. The van der Waals surface area contributed by atoms with Gasteiger partial charge in [-0.1, -0.05) is 46.3 Å². The van der Waals surface area contributed by atoms with Crippen LogP contribution in [0.5, 0.6) is 0 Å². The van der Waals surface area contributed by atoms with Gasteiger partial charge in [0.2, 0.25) is 5.91 Å². The molecule has 0 radical (unpaired) electrons. The monoisotopic (exact) mass is 425 g/mol. The number of rotatable bonds is 4. The topological polar surface area (TPSA) is 54.5 Å². The Morgan fingerprint density at radius 3 is 3.00 bits per heavy atom. The van der Waals surface area contributed by atoms with E-state index in [4.69, 9.17) is 4.74 Å². The summed E-state index contributed by atoms with van der Waals surface area (Å²) in [6.45, 7) is 2.39. The second kappa shape index (κ2) is 8.17. The fourth-order valence-electron chi connectivity index (χ4n) is 3.30. The molecule has 138 valence electrons. The Kier molecular flexibility index (Phi) is 5.48. The third-order valence-electron chi connectivity index (χ3n) is 4.61. The lowest BCUT2D eigenvalue weighted by atomic mass is 10.1. The minimum Gasteiger partial charge on any atom is -0.371 e. The number of hydrogen-bond acceptors (Lipinski definition) is 4. The van der Waals surface area contributed by atoms with Crippen LogP contribution in [0.2, 0.25) is 0 Å². The summed E-state index contributed by atoms with van der Waals surface area (Å²) < 4.78 is 6.92. The predicted octanol–water partition coefficient (Wildman–Crippen LogP) is 4.01. The highest BCUT2D eigenvalue weighted by Gasteiger charge is 2.23. The van der Waals surface area contributed by atoms with Gasteiger partial charge in [0.25, 0.3) is 0 Å². The number of amides is 1. The number of carbonyl (C=O) groups excluding carboxylic acids is 1. The van der Waals surface area contributed by atoms with Crippen molar-refractivity contribution in [1.82, 2.24) is 9.88 Å². The van der Waals surface area contributed by atoms with E-state index < -0.39 is 0 Å². The zero-order chi connectivity index (χ0) is 18.6. The highest BCUT2D eigenvalue weighted by molar-refractivity contribution is 9.10. The maximum atomic E-state index is 12.5. The molecule has 1 fully saturated rings. The van der Waals surface area contributed by atoms with Gasteiger partial charge in [-0.3, -0.25) is 14.7 Å². The number of halogens is 1. The van der Waals surface area contributed by atoms with E-state index in [-0.39, 0.29) is 12.0 Å². The number of morpholine rings is 1. The van der Waals surface area contributed by atoms with Crippen LogP contribution in [0.4, 0.5) is 5.69 Å². The number of fused-ring (bicyclic) bond motifs is 1. The fraction of sp³-hybridized carbons (Fsp3) is 0.238. The lowest BCUT2D eigenvalue weighted by molar-refractivity contribution is -0.119. The number of hydrogen-bond donors (Lipinski definition) is 1. The number of ether oxygens (including phenoxy) is 1. The molecule has 1 amide bonds. The molecule has 1 saturated heterocycles. The molecule has 0 bridgehead atoms. The largest absolute Gasteiger partial charge is 0.371 e. The Labute approximate surface area is 166 Å². The van der Waals surface area contributed by atoms with E-state index in [0.29, 0.717) is 19.7 Å². The normalized spacial score (nSPS) is 17.7. The molecule has 1 aliphatic rings. The molecule has 1 unspecified atom stereocenters. The van der Waals surface area contributed by atoms with Crippen LogP contribution >= 0.6 is 15.9 Å². The SMILES string of the molecule is O=C(CN1CCOC(c2cccc(Br)c2)C1)Nc1cnc2ccccc2c1. The summed E-state index contributed by atoms with van der Waals surface area (Å²) in [5.41, 5.74) is 2.75. The predicted molar refractivity (Wildman–Crippen MR) is 110 cm³/mol. The molecular formula is C21H20BrN3O2. The first-order chi connectivity index (χ1) is 13.2. The van der Waals surface area contributed by atoms with Crippen molar-refractivity contribution in [1.29, 1.82) is 0 Å². The van der Waals surface area contributed by atoms with Gasteiger partial charge in [0.1, 0.15) is 0 Å². The Morgan fingerprint density at radius 1 is 1.22 bits per heavy atom. The summed E-state index contributed by atoms with van der Waals surface area (Å²) >= 11 is 3.50. The first kappa shape index (κ1) is 18.1. The van der Waals surface area contributed by atoms with Gasteiger partial charge in [-0.2, -0.15) is 0 Å². The van der Waals surface area contributed by atoms with Gasteiger partial charge in [-0.15, -0.1) is 0 Å². The molecule has 0 spiro atoms. The van der Waals surface area contributed by atoms with Gasteiger partial charge >= 0.3 is 0 Å². The molecule has 2 aromatic carbocycles. The van der Waals surface area contributed by atoms with E-state index in [1.54, 1.807) is 6.20 Å². The summed E-state index contributed by atoms with van der Waals surface area (Å²) in [6.07, 6.45) is 1.68. The van der Waals surface area contributed by atoms with Gasteiger partial charge < -0.3 is 10.1 Å². The van der Waals surface area contributed by atoms with Crippen molar-refractivity contribution in [3.05, 3.63) is 70.8 Å². The standard InChI is InChI=1S/C21H20BrN3O2/c22-17-6-3-5-16(10-17)20-13-25(8-9-27-20)14-21(26)24-18-11-15-4-1-2-7-19(15)23-12-18/h1-7,10-12,20H,8-9,13-14H2,(H,24,26). The van der Waals surface area contributed by atoms with Gasteiger partial charge in [0.15, 0.2) is 0 Å². The van der Waals surface area contributed by atoms with Crippen LogP contribution in [0.3, 0.4) is 0 Å². The minimum absolute atomic E-state index is 0.0219. The first-order valence-corrected chi connectivity index (χ1v) is 9.71. The molecule has 1 N–H and O–H groups in total. The lowest BCUT2D eigenvalue weighted by Crippen LogP contribution is -2.42. The zero-order valence-electron chi connectivity index (χ0n) is 14.8. The van der Waals surface area contributed by atoms with E-state index in [2.05, 4.69) is 43.3 Å². The fourth-order valence-corrected chi connectivity index (χ4v) is 3.71. The van der Waals surface area contributed by atoms with Crippen LogP contribution < -0.4 is 5.32 Å². The van der Waals surface area contributed by atoms with Crippen molar-refractivity contribution in [2.24, 2.45) is 0 Å². The average Bonchev–Trinajstić information content (AvgIpc) is 2.68. The Morgan fingerprint density at radius 2 is 2.11 bits per heavy atom. The number of anilines is 1. The number of para-hydroxylation sites is 1. The lowest BCUT2D eigenvalue weighted by Gasteiger charge is -2.32. The van der Waals surface area contributed by atoms with Crippen molar-refractivity contribution < 1.29 is 9.53 Å². The third kappa shape index (κ3) is 4.53. The Bertz CT molecular complexity index is 963. The van der Waals surface area contributed by atoms with Crippen molar-refractivity contribution in [3.63, 3.8) is 0 Å². The summed E-state index contributed by atoms with van der Waals surface area (Å²) in [4.78, 5) is 19.0. The van der Waals surface area contributed by atoms with E-state index >= 15 is 0 Å². The van der Waals surface area contributed by atoms with Gasteiger partial charge in [0.05, 0.1) is 36.7 Å². The molecule has 6 heteroatoms. The third-order valence-corrected chi connectivity index (χ3v) is 5.11. The average molecular weight is 426 g/mol. The van der Waals surface area contributed by atoms with E-state index in [1.807, 2.05) is 42.5 Å². The molecule has 2 heterocycles. The molecule has 5 nitrogen and oxygen atoms in total. The highest BCUT2D eigenvalue weighted by Crippen LogP contribution is 2.24. The van der Waals surface area contributed by atoms with Crippen LogP contribution in [0.15, 0.2) is 65.3 Å². The molecule has 0 saturated carbocycles. The van der Waals surface area contributed by atoms with Gasteiger partial charge in [-0.05, 0) is 29.8 Å². The minimum atomic E-state index is -0.0398.